The molecule has 3 rings (SSSR count). The van der Waals surface area contributed by atoms with Gasteiger partial charge in [-0.25, -0.2) is 24.8 Å². The van der Waals surface area contributed by atoms with Gasteiger partial charge in [-0.3, -0.25) is 13.9 Å². The van der Waals surface area contributed by atoms with Crippen LogP contribution in [0.5, 0.6) is 0 Å². The zero-order valence-electron chi connectivity index (χ0n) is 22.2. The average Bonchev–Trinajstić information content (AvgIpc) is 3.27. The maximum atomic E-state index is 13.6. The molecule has 0 aliphatic heterocycles. The molecule has 1 aliphatic carbocycles. The van der Waals surface area contributed by atoms with Gasteiger partial charge in [-0.1, -0.05) is 6.42 Å². The highest BCUT2D eigenvalue weighted by Crippen LogP contribution is 2.43. The van der Waals surface area contributed by atoms with E-state index < -0.39 is 51.0 Å². The average molecular weight is 557 g/mol. The standard InChI is InChI=1S/C23H37N6O8P/c1-15(2)36-23(31)33-13-35-38(32,28-17(4)22(30)37-18-8-6-5-7-9-18)14-34-16(3)10-29-12-27-19-20(24)25-11-26-21(19)29/h11-12,15-18H,5-10,13-14H2,1-4H3,(H,28,32)(H2,24,25,26)/t16-,17+,38?/m1/s1. The van der Waals surface area contributed by atoms with Gasteiger partial charge in [0.2, 0.25) is 6.79 Å². The zero-order valence-corrected chi connectivity index (χ0v) is 23.1. The number of nitrogen functional groups attached to an aromatic ring is 1. The van der Waals surface area contributed by atoms with Crippen LogP contribution in [-0.4, -0.2) is 69.1 Å². The molecule has 1 aliphatic rings. The number of nitrogens with one attached hydrogen (secondary N) is 1. The van der Waals surface area contributed by atoms with Crippen LogP contribution >= 0.6 is 7.52 Å². The van der Waals surface area contributed by atoms with E-state index in [4.69, 9.17) is 29.2 Å². The summed E-state index contributed by atoms with van der Waals surface area (Å²) in [5.74, 6) is -0.286. The molecular weight excluding hydrogens is 519 g/mol. The van der Waals surface area contributed by atoms with Gasteiger partial charge in [0, 0.05) is 0 Å². The minimum atomic E-state index is -3.85. The van der Waals surface area contributed by atoms with E-state index in [-0.39, 0.29) is 11.9 Å². The van der Waals surface area contributed by atoms with Crippen molar-refractivity contribution in [2.45, 2.75) is 90.7 Å². The fourth-order valence-electron chi connectivity index (χ4n) is 3.88. The number of carbonyl (C=O) groups is 2. The molecule has 3 atom stereocenters. The molecule has 1 fully saturated rings. The number of carbonyl (C=O) groups excluding carboxylic acids is 2. The molecule has 0 aromatic carbocycles. The van der Waals surface area contributed by atoms with E-state index in [1.54, 1.807) is 31.7 Å². The fraction of sp³-hybridized carbons (Fsp3) is 0.696. The first kappa shape index (κ1) is 29.8. The largest absolute Gasteiger partial charge is 0.510 e. The third-order valence-electron chi connectivity index (χ3n) is 5.76. The summed E-state index contributed by atoms with van der Waals surface area (Å²) in [5.41, 5.74) is 6.83. The summed E-state index contributed by atoms with van der Waals surface area (Å²) in [6, 6.07) is -0.957. The maximum Gasteiger partial charge on any atom is 0.510 e. The number of nitrogens with two attached hydrogens (primary N) is 1. The first-order valence-corrected chi connectivity index (χ1v) is 14.5. The van der Waals surface area contributed by atoms with Crippen LogP contribution in [0.25, 0.3) is 11.2 Å². The second kappa shape index (κ2) is 13.8. The first-order chi connectivity index (χ1) is 18.1. The topological polar surface area (TPSA) is 179 Å². The molecule has 0 spiro atoms. The summed E-state index contributed by atoms with van der Waals surface area (Å²) < 4.78 is 41.9. The molecule has 0 radical (unpaired) electrons. The van der Waals surface area contributed by atoms with Crippen molar-refractivity contribution in [2.75, 3.05) is 18.9 Å². The Morgan fingerprint density at radius 1 is 1.16 bits per heavy atom. The third-order valence-corrected chi connectivity index (χ3v) is 7.55. The number of imidazole rings is 1. The molecule has 0 saturated heterocycles. The van der Waals surface area contributed by atoms with Crippen LogP contribution in [0.4, 0.5) is 10.6 Å². The summed E-state index contributed by atoms with van der Waals surface area (Å²) in [7, 11) is -3.85. The Hall–Kier alpha value is -2.80. The predicted molar refractivity (Wildman–Crippen MR) is 137 cm³/mol. The number of aromatic nitrogens is 4. The van der Waals surface area contributed by atoms with E-state index in [0.717, 1.165) is 32.1 Å². The normalized spacial score (nSPS) is 17.6. The van der Waals surface area contributed by atoms with Crippen LogP contribution in [0.2, 0.25) is 0 Å². The van der Waals surface area contributed by atoms with Gasteiger partial charge < -0.3 is 29.2 Å². The molecule has 0 amide bonds. The van der Waals surface area contributed by atoms with Gasteiger partial charge in [0.15, 0.2) is 11.5 Å². The smallest absolute Gasteiger partial charge is 0.461 e. The van der Waals surface area contributed by atoms with Gasteiger partial charge >= 0.3 is 12.1 Å². The van der Waals surface area contributed by atoms with Crippen LogP contribution in [0.3, 0.4) is 0 Å². The highest BCUT2D eigenvalue weighted by molar-refractivity contribution is 7.56. The number of hydrogen-bond donors (Lipinski definition) is 2. The first-order valence-electron chi connectivity index (χ1n) is 12.6. The molecule has 1 unspecified atom stereocenters. The zero-order chi connectivity index (χ0) is 27.7. The van der Waals surface area contributed by atoms with Gasteiger partial charge in [0.1, 0.15) is 30.3 Å². The van der Waals surface area contributed by atoms with Gasteiger partial charge in [-0.2, -0.15) is 0 Å². The Kier molecular flexibility index (Phi) is 10.8. The molecule has 3 N–H and O–H groups in total. The van der Waals surface area contributed by atoms with Crippen molar-refractivity contribution in [1.82, 2.24) is 24.6 Å². The lowest BCUT2D eigenvalue weighted by atomic mass is 9.98. The minimum absolute atomic E-state index is 0.158. The van der Waals surface area contributed by atoms with E-state index in [0.29, 0.717) is 17.7 Å². The van der Waals surface area contributed by atoms with Crippen molar-refractivity contribution < 1.29 is 37.6 Å². The monoisotopic (exact) mass is 556 g/mol. The molecule has 15 heteroatoms. The molecule has 14 nitrogen and oxygen atoms in total. The second-order valence-electron chi connectivity index (χ2n) is 9.46. The molecule has 2 aromatic rings. The van der Waals surface area contributed by atoms with Crippen molar-refractivity contribution >= 4 is 36.6 Å². The number of ether oxygens (including phenoxy) is 4. The Morgan fingerprint density at radius 3 is 2.61 bits per heavy atom. The summed E-state index contributed by atoms with van der Waals surface area (Å²) in [6.07, 6.45) is 5.21. The van der Waals surface area contributed by atoms with Crippen LogP contribution in [0, 0.1) is 0 Å². The van der Waals surface area contributed by atoms with E-state index in [1.807, 2.05) is 0 Å². The predicted octanol–water partition coefficient (Wildman–Crippen LogP) is 3.35. The molecule has 0 bridgehead atoms. The van der Waals surface area contributed by atoms with Crippen molar-refractivity contribution in [3.8, 4) is 0 Å². The molecule has 2 heterocycles. The summed E-state index contributed by atoms with van der Waals surface area (Å²) >= 11 is 0. The lowest BCUT2D eigenvalue weighted by Gasteiger charge is -2.27. The number of nitrogens with zero attached hydrogens (tertiary/aromatic N) is 4. The minimum Gasteiger partial charge on any atom is -0.461 e. The SMILES string of the molecule is CC(C)OC(=O)OCOP(=O)(CO[C@H](C)Cn1cnc2c(N)ncnc21)N[C@@H](C)C(=O)OC1CCCCC1. The third kappa shape index (κ3) is 8.90. The highest BCUT2D eigenvalue weighted by Gasteiger charge is 2.32. The summed E-state index contributed by atoms with van der Waals surface area (Å²) in [4.78, 5) is 36.7. The number of rotatable bonds is 13. The van der Waals surface area contributed by atoms with Crippen molar-refractivity contribution in [1.29, 1.82) is 0 Å². The van der Waals surface area contributed by atoms with Gasteiger partial charge in [0.05, 0.1) is 25.1 Å². The van der Waals surface area contributed by atoms with Crippen LogP contribution in [-0.2, 0) is 39.4 Å². The van der Waals surface area contributed by atoms with Crippen molar-refractivity contribution in [3.05, 3.63) is 12.7 Å². The molecule has 2 aromatic heterocycles. The Morgan fingerprint density at radius 2 is 1.89 bits per heavy atom. The van der Waals surface area contributed by atoms with E-state index in [9.17, 15) is 14.2 Å². The number of anilines is 1. The number of fused-ring (bicyclic) bond motifs is 1. The number of esters is 1. The van der Waals surface area contributed by atoms with E-state index in [1.165, 1.54) is 13.3 Å². The lowest BCUT2D eigenvalue weighted by molar-refractivity contribution is -0.152. The maximum absolute atomic E-state index is 13.6. The van der Waals surface area contributed by atoms with Gasteiger partial charge in [-0.05, 0) is 53.4 Å². The lowest BCUT2D eigenvalue weighted by Crippen LogP contribution is -2.37. The molecule has 1 saturated carbocycles. The van der Waals surface area contributed by atoms with Crippen LogP contribution < -0.4 is 10.8 Å². The molecule has 38 heavy (non-hydrogen) atoms. The molecular formula is C23H37N6O8P. The van der Waals surface area contributed by atoms with Gasteiger partial charge in [0.25, 0.3) is 7.52 Å². The fourth-order valence-corrected chi connectivity index (χ4v) is 5.48. The summed E-state index contributed by atoms with van der Waals surface area (Å²) in [5, 5.41) is 2.69. The van der Waals surface area contributed by atoms with Crippen LogP contribution in [0.1, 0.15) is 59.8 Å². The summed E-state index contributed by atoms with van der Waals surface area (Å²) in [6.45, 7) is 6.25. The van der Waals surface area contributed by atoms with Crippen LogP contribution in [0.15, 0.2) is 12.7 Å². The molecule has 212 valence electrons. The number of hydrogen-bond acceptors (Lipinski definition) is 12. The van der Waals surface area contributed by atoms with Crippen molar-refractivity contribution in [2.24, 2.45) is 0 Å². The van der Waals surface area contributed by atoms with E-state index in [2.05, 4.69) is 20.0 Å². The Labute approximate surface area is 221 Å². The second-order valence-corrected chi connectivity index (χ2v) is 11.6. The van der Waals surface area contributed by atoms with Gasteiger partial charge in [-0.15, -0.1) is 0 Å². The Bertz CT molecular complexity index is 1120. The van der Waals surface area contributed by atoms with E-state index >= 15 is 0 Å². The van der Waals surface area contributed by atoms with Crippen molar-refractivity contribution in [3.63, 3.8) is 0 Å². The highest BCUT2D eigenvalue weighted by atomic mass is 31.2. The Balaban J connectivity index is 1.61. The quantitative estimate of drug-likeness (QED) is 0.208.